The quantitative estimate of drug-likeness (QED) is 0.857. The van der Waals surface area contributed by atoms with Gasteiger partial charge >= 0.3 is 0 Å². The van der Waals surface area contributed by atoms with Crippen molar-refractivity contribution in [1.29, 1.82) is 0 Å². The number of hydrogen-bond acceptors (Lipinski definition) is 4. The summed E-state index contributed by atoms with van der Waals surface area (Å²) in [5, 5.41) is 2.93. The van der Waals surface area contributed by atoms with Crippen molar-refractivity contribution in [2.75, 3.05) is 32.6 Å². The summed E-state index contributed by atoms with van der Waals surface area (Å²) >= 11 is 0. The molecule has 0 amide bonds. The molecule has 0 saturated carbocycles. The molecule has 102 valence electrons. The van der Waals surface area contributed by atoms with Crippen LogP contribution in [-0.4, -0.2) is 40.0 Å². The molecule has 0 aliphatic carbocycles. The van der Waals surface area contributed by atoms with E-state index >= 15 is 0 Å². The molecule has 0 bridgehead atoms. The highest BCUT2D eigenvalue weighted by molar-refractivity contribution is 7.89. The van der Waals surface area contributed by atoms with Gasteiger partial charge in [-0.25, -0.2) is 8.42 Å². The minimum atomic E-state index is -3.42. The lowest BCUT2D eigenvalue weighted by molar-refractivity contribution is 0.416. The lowest BCUT2D eigenvalue weighted by Crippen LogP contribution is -2.30. The fraction of sp³-hybridized carbons (Fsp3) is 0.500. The summed E-state index contributed by atoms with van der Waals surface area (Å²) in [5.74, 6) is 0.621. The second-order valence-corrected chi connectivity index (χ2v) is 5.64. The lowest BCUT2D eigenvalue weighted by atomic mass is 10.3. The summed E-state index contributed by atoms with van der Waals surface area (Å²) in [6.45, 7) is 4.56. The molecule has 0 aliphatic rings. The van der Waals surface area contributed by atoms with Crippen molar-refractivity contribution < 1.29 is 13.2 Å². The normalized spacial score (nSPS) is 11.6. The van der Waals surface area contributed by atoms with Gasteiger partial charge in [0.15, 0.2) is 0 Å². The molecule has 0 aromatic heterocycles. The van der Waals surface area contributed by atoms with Gasteiger partial charge in [0.25, 0.3) is 0 Å². The van der Waals surface area contributed by atoms with Gasteiger partial charge < -0.3 is 10.1 Å². The van der Waals surface area contributed by atoms with Crippen LogP contribution in [0, 0.1) is 0 Å². The van der Waals surface area contributed by atoms with E-state index < -0.39 is 10.0 Å². The Kier molecular flexibility index (Phi) is 4.98. The first-order chi connectivity index (χ1) is 8.51. The average molecular weight is 272 g/mol. The average Bonchev–Trinajstić information content (AvgIpc) is 2.38. The van der Waals surface area contributed by atoms with Gasteiger partial charge in [0.2, 0.25) is 10.0 Å². The third kappa shape index (κ3) is 2.76. The summed E-state index contributed by atoms with van der Waals surface area (Å²) in [4.78, 5) is 0.274. The second-order valence-electron chi connectivity index (χ2n) is 3.70. The van der Waals surface area contributed by atoms with Crippen LogP contribution in [0.1, 0.15) is 13.8 Å². The van der Waals surface area contributed by atoms with E-state index in [4.69, 9.17) is 4.74 Å². The predicted octanol–water partition coefficient (Wildman–Crippen LogP) is 1.77. The van der Waals surface area contributed by atoms with Crippen LogP contribution in [0.5, 0.6) is 5.75 Å². The van der Waals surface area contributed by atoms with Gasteiger partial charge in [0.1, 0.15) is 5.75 Å². The zero-order valence-corrected chi connectivity index (χ0v) is 12.0. The van der Waals surface area contributed by atoms with Gasteiger partial charge in [0, 0.05) is 20.1 Å². The van der Waals surface area contributed by atoms with Crippen LogP contribution in [0.25, 0.3) is 0 Å². The SMILES string of the molecule is CCN(CC)S(=O)(=O)c1ccc(OC)c(NC)c1. The number of benzene rings is 1. The topological polar surface area (TPSA) is 58.6 Å². The van der Waals surface area contributed by atoms with E-state index in [-0.39, 0.29) is 4.90 Å². The number of rotatable bonds is 6. The largest absolute Gasteiger partial charge is 0.495 e. The Balaban J connectivity index is 3.25. The maximum Gasteiger partial charge on any atom is 0.243 e. The summed E-state index contributed by atoms with van der Waals surface area (Å²) in [7, 11) is -0.143. The van der Waals surface area contributed by atoms with Crippen molar-refractivity contribution >= 4 is 15.7 Å². The maximum absolute atomic E-state index is 12.3. The van der Waals surface area contributed by atoms with Gasteiger partial charge in [-0.2, -0.15) is 4.31 Å². The van der Waals surface area contributed by atoms with Crippen LogP contribution in [0.15, 0.2) is 23.1 Å². The molecule has 1 aromatic carbocycles. The van der Waals surface area contributed by atoms with Crippen molar-refractivity contribution in [3.05, 3.63) is 18.2 Å². The monoisotopic (exact) mass is 272 g/mol. The zero-order chi connectivity index (χ0) is 13.8. The van der Waals surface area contributed by atoms with Crippen molar-refractivity contribution in [1.82, 2.24) is 4.31 Å². The van der Waals surface area contributed by atoms with E-state index in [0.29, 0.717) is 24.5 Å². The predicted molar refractivity (Wildman–Crippen MR) is 72.6 cm³/mol. The van der Waals surface area contributed by atoms with Crippen LogP contribution in [0.3, 0.4) is 0 Å². The van der Waals surface area contributed by atoms with Crippen LogP contribution >= 0.6 is 0 Å². The Labute approximate surface area is 109 Å². The Morgan fingerprint density at radius 3 is 2.33 bits per heavy atom. The highest BCUT2D eigenvalue weighted by Crippen LogP contribution is 2.28. The van der Waals surface area contributed by atoms with Gasteiger partial charge in [-0.3, -0.25) is 0 Å². The van der Waals surface area contributed by atoms with E-state index in [0.717, 1.165) is 0 Å². The summed E-state index contributed by atoms with van der Waals surface area (Å²) < 4.78 is 31.2. The van der Waals surface area contributed by atoms with E-state index in [1.165, 1.54) is 4.31 Å². The highest BCUT2D eigenvalue weighted by atomic mass is 32.2. The maximum atomic E-state index is 12.3. The molecule has 0 heterocycles. The fourth-order valence-electron chi connectivity index (χ4n) is 1.76. The molecular weight excluding hydrogens is 252 g/mol. The molecule has 0 radical (unpaired) electrons. The second kappa shape index (κ2) is 6.06. The summed E-state index contributed by atoms with van der Waals surface area (Å²) in [5.41, 5.74) is 0.658. The van der Waals surface area contributed by atoms with E-state index in [2.05, 4.69) is 5.32 Å². The molecule has 0 aliphatic heterocycles. The Hall–Kier alpha value is -1.27. The van der Waals surface area contributed by atoms with Crippen molar-refractivity contribution in [2.24, 2.45) is 0 Å². The fourth-order valence-corrected chi connectivity index (χ4v) is 3.24. The first-order valence-electron chi connectivity index (χ1n) is 5.87. The van der Waals surface area contributed by atoms with E-state index in [1.807, 2.05) is 13.8 Å². The van der Waals surface area contributed by atoms with Gasteiger partial charge in [0.05, 0.1) is 17.7 Å². The third-order valence-corrected chi connectivity index (χ3v) is 4.83. The Morgan fingerprint density at radius 2 is 1.89 bits per heavy atom. The molecule has 0 unspecified atom stereocenters. The first-order valence-corrected chi connectivity index (χ1v) is 7.31. The molecule has 5 nitrogen and oxygen atoms in total. The molecule has 0 fully saturated rings. The summed E-state index contributed by atoms with van der Waals surface area (Å²) in [6.07, 6.45) is 0. The highest BCUT2D eigenvalue weighted by Gasteiger charge is 2.22. The minimum absolute atomic E-state index is 0.274. The van der Waals surface area contributed by atoms with Crippen LogP contribution in [0.4, 0.5) is 5.69 Å². The number of ether oxygens (including phenoxy) is 1. The number of methoxy groups -OCH3 is 1. The lowest BCUT2D eigenvalue weighted by Gasteiger charge is -2.19. The molecule has 0 saturated heterocycles. The minimum Gasteiger partial charge on any atom is -0.495 e. The van der Waals surface area contributed by atoms with Crippen LogP contribution < -0.4 is 10.1 Å². The summed E-state index contributed by atoms with van der Waals surface area (Å²) in [6, 6.07) is 4.81. The smallest absolute Gasteiger partial charge is 0.243 e. The standard InChI is InChI=1S/C12H20N2O3S/c1-5-14(6-2)18(15,16)10-7-8-12(17-4)11(9-10)13-3/h7-9,13H,5-6H2,1-4H3. The Bertz CT molecular complexity index is 496. The first kappa shape index (κ1) is 14.8. The van der Waals surface area contributed by atoms with Gasteiger partial charge in [-0.15, -0.1) is 0 Å². The molecule has 0 spiro atoms. The van der Waals surface area contributed by atoms with E-state index in [9.17, 15) is 8.42 Å². The number of nitrogens with zero attached hydrogens (tertiary/aromatic N) is 1. The number of nitrogens with one attached hydrogen (secondary N) is 1. The molecule has 1 N–H and O–H groups in total. The zero-order valence-electron chi connectivity index (χ0n) is 11.2. The molecular formula is C12H20N2O3S. The molecule has 18 heavy (non-hydrogen) atoms. The van der Waals surface area contributed by atoms with E-state index in [1.54, 1.807) is 32.4 Å². The molecule has 0 atom stereocenters. The van der Waals surface area contributed by atoms with Gasteiger partial charge in [-0.1, -0.05) is 13.8 Å². The van der Waals surface area contributed by atoms with Crippen molar-refractivity contribution in [3.8, 4) is 5.75 Å². The Morgan fingerprint density at radius 1 is 1.28 bits per heavy atom. The molecule has 1 aromatic rings. The van der Waals surface area contributed by atoms with Gasteiger partial charge in [-0.05, 0) is 18.2 Å². The van der Waals surface area contributed by atoms with Crippen LogP contribution in [0.2, 0.25) is 0 Å². The third-order valence-electron chi connectivity index (χ3n) is 2.78. The molecule has 1 rings (SSSR count). The number of anilines is 1. The number of sulfonamides is 1. The number of hydrogen-bond donors (Lipinski definition) is 1. The van der Waals surface area contributed by atoms with Crippen molar-refractivity contribution in [2.45, 2.75) is 18.7 Å². The van der Waals surface area contributed by atoms with Crippen LogP contribution in [-0.2, 0) is 10.0 Å². The van der Waals surface area contributed by atoms with Crippen molar-refractivity contribution in [3.63, 3.8) is 0 Å². The molecule has 6 heteroatoms.